The van der Waals surface area contributed by atoms with Gasteiger partial charge in [-0.15, -0.1) is 0 Å². The van der Waals surface area contributed by atoms with E-state index in [1.165, 1.54) is 22.3 Å². The summed E-state index contributed by atoms with van der Waals surface area (Å²) in [6.45, 7) is 9.55. The molecular formula is C16H26N2O. The average Bonchev–Trinajstić information content (AvgIpc) is 2.35. The van der Waals surface area contributed by atoms with E-state index in [0.717, 1.165) is 12.8 Å². The first kappa shape index (κ1) is 15.7. The summed E-state index contributed by atoms with van der Waals surface area (Å²) in [6.07, 6.45) is 1.63. The molecule has 1 aromatic carbocycles. The van der Waals surface area contributed by atoms with E-state index >= 15 is 0 Å². The molecule has 1 unspecified atom stereocenters. The van der Waals surface area contributed by atoms with Crippen LogP contribution < -0.4 is 11.1 Å². The Morgan fingerprint density at radius 2 is 1.84 bits per heavy atom. The van der Waals surface area contributed by atoms with Gasteiger partial charge in [0.25, 0.3) is 0 Å². The fraction of sp³-hybridized carbons (Fsp3) is 0.562. The third-order valence-corrected chi connectivity index (χ3v) is 3.69. The lowest BCUT2D eigenvalue weighted by Crippen LogP contribution is -2.32. The molecule has 0 saturated heterocycles. The van der Waals surface area contributed by atoms with Crippen molar-refractivity contribution in [1.82, 2.24) is 5.32 Å². The molecule has 1 aromatic rings. The highest BCUT2D eigenvalue weighted by atomic mass is 16.1. The van der Waals surface area contributed by atoms with Gasteiger partial charge in [0.05, 0.1) is 0 Å². The zero-order valence-electron chi connectivity index (χ0n) is 12.5. The second-order valence-corrected chi connectivity index (χ2v) is 5.38. The van der Waals surface area contributed by atoms with Gasteiger partial charge < -0.3 is 11.1 Å². The summed E-state index contributed by atoms with van der Waals surface area (Å²) >= 11 is 0. The highest BCUT2D eigenvalue weighted by Gasteiger charge is 2.11. The first-order chi connectivity index (χ1) is 8.95. The smallest absolute Gasteiger partial charge is 0.222 e. The highest BCUT2D eigenvalue weighted by Crippen LogP contribution is 2.15. The molecule has 1 atom stereocenters. The van der Waals surface area contributed by atoms with Gasteiger partial charge >= 0.3 is 0 Å². The fourth-order valence-electron chi connectivity index (χ4n) is 2.17. The van der Waals surface area contributed by atoms with Gasteiger partial charge in [-0.2, -0.15) is 0 Å². The number of rotatable bonds is 6. The second-order valence-electron chi connectivity index (χ2n) is 5.38. The fourth-order valence-corrected chi connectivity index (χ4v) is 2.17. The predicted molar refractivity (Wildman–Crippen MR) is 80.2 cm³/mol. The number of carbonyl (C=O) groups is 1. The Morgan fingerprint density at radius 3 is 2.47 bits per heavy atom. The van der Waals surface area contributed by atoms with Gasteiger partial charge in [-0.25, -0.2) is 0 Å². The van der Waals surface area contributed by atoms with Crippen LogP contribution in [0.15, 0.2) is 12.1 Å². The largest absolute Gasteiger partial charge is 0.356 e. The van der Waals surface area contributed by atoms with Gasteiger partial charge in [-0.1, -0.05) is 19.1 Å². The molecule has 0 bridgehead atoms. The molecule has 3 nitrogen and oxygen atoms in total. The maximum atomic E-state index is 11.8. The Bertz CT molecular complexity index is 441. The maximum absolute atomic E-state index is 11.8. The molecule has 3 N–H and O–H groups in total. The third kappa shape index (κ3) is 4.67. The van der Waals surface area contributed by atoms with Crippen molar-refractivity contribution in [3.8, 4) is 0 Å². The van der Waals surface area contributed by atoms with Crippen LogP contribution in [0.5, 0.6) is 0 Å². The molecule has 19 heavy (non-hydrogen) atoms. The summed E-state index contributed by atoms with van der Waals surface area (Å²) in [7, 11) is 0. The summed E-state index contributed by atoms with van der Waals surface area (Å²) in [5, 5.41) is 2.98. The number of carbonyl (C=O) groups excluding carboxylic acids is 1. The number of nitrogens with two attached hydrogens (primary N) is 1. The predicted octanol–water partition coefficient (Wildman–Crippen LogP) is 2.26. The lowest BCUT2D eigenvalue weighted by molar-refractivity contribution is -0.124. The molecule has 0 fully saturated rings. The molecule has 3 heteroatoms. The third-order valence-electron chi connectivity index (χ3n) is 3.69. The lowest BCUT2D eigenvalue weighted by atomic mass is 9.99. The topological polar surface area (TPSA) is 55.1 Å². The van der Waals surface area contributed by atoms with Crippen LogP contribution in [0.2, 0.25) is 0 Å². The minimum Gasteiger partial charge on any atom is -0.356 e. The SMILES string of the molecule is Cc1cc(C)c(CCNC(=O)C(C)CCN)cc1C. The van der Waals surface area contributed by atoms with Crippen LogP contribution >= 0.6 is 0 Å². The Kier molecular flexibility index (Phi) is 6.03. The van der Waals surface area contributed by atoms with E-state index in [4.69, 9.17) is 5.73 Å². The second kappa shape index (κ2) is 7.29. The van der Waals surface area contributed by atoms with Crippen molar-refractivity contribution < 1.29 is 4.79 Å². The van der Waals surface area contributed by atoms with E-state index in [2.05, 4.69) is 38.2 Å². The van der Waals surface area contributed by atoms with Gasteiger partial charge in [0, 0.05) is 12.5 Å². The minimum atomic E-state index is 0.00542. The van der Waals surface area contributed by atoms with Crippen molar-refractivity contribution in [2.75, 3.05) is 13.1 Å². The van der Waals surface area contributed by atoms with Crippen LogP contribution in [0, 0.1) is 26.7 Å². The first-order valence-corrected chi connectivity index (χ1v) is 7.00. The molecule has 0 radical (unpaired) electrons. The minimum absolute atomic E-state index is 0.00542. The molecule has 1 rings (SSSR count). The maximum Gasteiger partial charge on any atom is 0.222 e. The number of hydrogen-bond acceptors (Lipinski definition) is 2. The van der Waals surface area contributed by atoms with Gasteiger partial charge in [0.2, 0.25) is 5.91 Å². The summed E-state index contributed by atoms with van der Waals surface area (Å²) in [5.41, 5.74) is 10.7. The summed E-state index contributed by atoms with van der Waals surface area (Å²) in [6, 6.07) is 4.43. The number of amides is 1. The number of hydrogen-bond donors (Lipinski definition) is 2. The van der Waals surface area contributed by atoms with E-state index < -0.39 is 0 Å². The summed E-state index contributed by atoms with van der Waals surface area (Å²) in [5.74, 6) is 0.109. The number of nitrogens with one attached hydrogen (secondary N) is 1. The zero-order chi connectivity index (χ0) is 14.4. The molecule has 1 amide bonds. The highest BCUT2D eigenvalue weighted by molar-refractivity contribution is 5.78. The standard InChI is InChI=1S/C16H26N2O/c1-11(5-7-17)16(19)18-8-6-15-10-13(3)12(2)9-14(15)4/h9-11H,5-8,17H2,1-4H3,(H,18,19). The molecule has 0 aliphatic heterocycles. The molecule has 0 spiro atoms. The van der Waals surface area contributed by atoms with Crippen molar-refractivity contribution in [2.45, 2.75) is 40.5 Å². The monoisotopic (exact) mass is 262 g/mol. The molecule has 0 heterocycles. The van der Waals surface area contributed by atoms with E-state index in [1.54, 1.807) is 0 Å². The Labute approximate surface area is 116 Å². The van der Waals surface area contributed by atoms with Crippen molar-refractivity contribution in [1.29, 1.82) is 0 Å². The number of aryl methyl sites for hydroxylation is 3. The van der Waals surface area contributed by atoms with Gasteiger partial charge in [-0.05, 0) is 62.4 Å². The molecular weight excluding hydrogens is 236 g/mol. The van der Waals surface area contributed by atoms with E-state index in [1.807, 2.05) is 6.92 Å². The van der Waals surface area contributed by atoms with Crippen LogP contribution in [0.25, 0.3) is 0 Å². The van der Waals surface area contributed by atoms with Crippen LogP contribution in [0.3, 0.4) is 0 Å². The van der Waals surface area contributed by atoms with Crippen molar-refractivity contribution >= 4 is 5.91 Å². The van der Waals surface area contributed by atoms with Crippen LogP contribution in [-0.2, 0) is 11.2 Å². The average molecular weight is 262 g/mol. The van der Waals surface area contributed by atoms with E-state index in [0.29, 0.717) is 13.1 Å². The van der Waals surface area contributed by atoms with E-state index in [9.17, 15) is 4.79 Å². The van der Waals surface area contributed by atoms with Crippen LogP contribution in [0.1, 0.15) is 35.6 Å². The quantitative estimate of drug-likeness (QED) is 0.826. The van der Waals surface area contributed by atoms with Crippen molar-refractivity contribution in [3.05, 3.63) is 34.4 Å². The molecule has 0 saturated carbocycles. The Hall–Kier alpha value is -1.35. The Balaban J connectivity index is 2.50. The van der Waals surface area contributed by atoms with Crippen LogP contribution in [0.4, 0.5) is 0 Å². The summed E-state index contributed by atoms with van der Waals surface area (Å²) < 4.78 is 0. The van der Waals surface area contributed by atoms with Gasteiger partial charge in [-0.3, -0.25) is 4.79 Å². The normalized spacial score (nSPS) is 12.3. The molecule has 0 aliphatic rings. The Morgan fingerprint density at radius 1 is 1.21 bits per heavy atom. The van der Waals surface area contributed by atoms with Gasteiger partial charge in [0.15, 0.2) is 0 Å². The number of benzene rings is 1. The van der Waals surface area contributed by atoms with Crippen molar-refractivity contribution in [2.24, 2.45) is 11.7 Å². The zero-order valence-corrected chi connectivity index (χ0v) is 12.5. The lowest BCUT2D eigenvalue weighted by Gasteiger charge is -2.13. The van der Waals surface area contributed by atoms with E-state index in [-0.39, 0.29) is 11.8 Å². The van der Waals surface area contributed by atoms with Crippen molar-refractivity contribution in [3.63, 3.8) is 0 Å². The molecule has 0 aromatic heterocycles. The van der Waals surface area contributed by atoms with Gasteiger partial charge in [0.1, 0.15) is 0 Å². The first-order valence-electron chi connectivity index (χ1n) is 7.00. The summed E-state index contributed by atoms with van der Waals surface area (Å²) in [4.78, 5) is 11.8. The molecule has 0 aliphatic carbocycles. The van der Waals surface area contributed by atoms with Crippen LogP contribution in [-0.4, -0.2) is 19.0 Å². The molecule has 106 valence electrons.